The summed E-state index contributed by atoms with van der Waals surface area (Å²) in [6, 6.07) is 4.00. The number of hydrogen-bond donors (Lipinski definition) is 1. The molecular weight excluding hydrogens is 240 g/mol. The van der Waals surface area contributed by atoms with Gasteiger partial charge in [-0.2, -0.15) is 0 Å². The van der Waals surface area contributed by atoms with Gasteiger partial charge in [-0.1, -0.05) is 0 Å². The number of ether oxygens (including phenoxy) is 1. The lowest BCUT2D eigenvalue weighted by Crippen LogP contribution is -2.34. The first-order valence-corrected chi connectivity index (χ1v) is 6.92. The van der Waals surface area contributed by atoms with Crippen molar-refractivity contribution in [3.8, 4) is 0 Å². The first-order chi connectivity index (χ1) is 8.87. The second-order valence-electron chi connectivity index (χ2n) is 6.18. The van der Waals surface area contributed by atoms with Crippen LogP contribution in [0, 0.1) is 0 Å². The number of nitrogens with one attached hydrogen (secondary N) is 1. The third kappa shape index (κ3) is 8.03. The molecule has 0 fully saturated rings. The molecule has 1 rings (SSSR count). The van der Waals surface area contributed by atoms with E-state index >= 15 is 0 Å². The maximum atomic E-state index is 5.71. The Bertz CT molecular complexity index is 353. The molecule has 1 heterocycles. The molecule has 0 atom stereocenters. The molecule has 4 nitrogen and oxygen atoms in total. The predicted molar refractivity (Wildman–Crippen MR) is 78.1 cm³/mol. The van der Waals surface area contributed by atoms with Gasteiger partial charge in [-0.05, 0) is 60.0 Å². The molecule has 0 spiro atoms. The van der Waals surface area contributed by atoms with Gasteiger partial charge >= 0.3 is 0 Å². The fraction of sp³-hybridized carbons (Fsp3) is 0.733. The summed E-state index contributed by atoms with van der Waals surface area (Å²) >= 11 is 0. The average Bonchev–Trinajstić information content (AvgIpc) is 2.72. The molecule has 0 saturated carbocycles. The molecule has 4 heteroatoms. The van der Waals surface area contributed by atoms with Crippen molar-refractivity contribution < 1.29 is 9.15 Å². The van der Waals surface area contributed by atoms with Gasteiger partial charge in [-0.25, -0.2) is 0 Å². The minimum absolute atomic E-state index is 0.107. The first kappa shape index (κ1) is 16.2. The highest BCUT2D eigenvalue weighted by molar-refractivity contribution is 5.06. The minimum Gasteiger partial charge on any atom is -0.462 e. The van der Waals surface area contributed by atoms with E-state index in [9.17, 15) is 0 Å². The van der Waals surface area contributed by atoms with E-state index in [1.54, 1.807) is 0 Å². The third-order valence-corrected chi connectivity index (χ3v) is 2.65. The largest absolute Gasteiger partial charge is 0.462 e. The Morgan fingerprint density at radius 2 is 1.89 bits per heavy atom. The lowest BCUT2D eigenvalue weighted by molar-refractivity contribution is 0.0983. The van der Waals surface area contributed by atoms with Gasteiger partial charge in [0.15, 0.2) is 0 Å². The monoisotopic (exact) mass is 268 g/mol. The summed E-state index contributed by atoms with van der Waals surface area (Å²) in [7, 11) is 4.14. The van der Waals surface area contributed by atoms with E-state index < -0.39 is 0 Å². The van der Waals surface area contributed by atoms with Crippen LogP contribution in [0.5, 0.6) is 0 Å². The molecule has 0 aliphatic carbocycles. The molecule has 0 bridgehead atoms. The topological polar surface area (TPSA) is 37.6 Å². The molecule has 0 aliphatic heterocycles. The van der Waals surface area contributed by atoms with Crippen LogP contribution in [0.25, 0.3) is 0 Å². The minimum atomic E-state index is 0.107. The summed E-state index contributed by atoms with van der Waals surface area (Å²) in [6.45, 7) is 9.57. The maximum Gasteiger partial charge on any atom is 0.129 e. The molecule has 0 amide bonds. The van der Waals surface area contributed by atoms with Gasteiger partial charge in [0, 0.05) is 12.1 Å². The van der Waals surface area contributed by atoms with Crippen molar-refractivity contribution in [1.29, 1.82) is 0 Å². The summed E-state index contributed by atoms with van der Waals surface area (Å²) in [5, 5.41) is 3.40. The molecule has 0 aliphatic rings. The van der Waals surface area contributed by atoms with Crippen LogP contribution in [0.3, 0.4) is 0 Å². The standard InChI is InChI=1S/C15H28N2O2/c1-15(2,3)16-11-13-7-8-14(19-13)12-18-10-6-9-17(4)5/h7-8,16H,6,9-12H2,1-5H3. The number of furan rings is 1. The zero-order valence-electron chi connectivity index (χ0n) is 13.0. The zero-order chi connectivity index (χ0) is 14.3. The Balaban J connectivity index is 2.20. The van der Waals surface area contributed by atoms with Crippen LogP contribution in [-0.4, -0.2) is 37.7 Å². The molecule has 0 radical (unpaired) electrons. The van der Waals surface area contributed by atoms with Crippen LogP contribution < -0.4 is 5.32 Å². The Hall–Kier alpha value is -0.840. The molecular formula is C15H28N2O2. The van der Waals surface area contributed by atoms with Gasteiger partial charge in [0.1, 0.15) is 18.1 Å². The summed E-state index contributed by atoms with van der Waals surface area (Å²) in [4.78, 5) is 2.16. The van der Waals surface area contributed by atoms with Gasteiger partial charge in [0.2, 0.25) is 0 Å². The van der Waals surface area contributed by atoms with Crippen molar-refractivity contribution in [1.82, 2.24) is 10.2 Å². The van der Waals surface area contributed by atoms with Gasteiger partial charge < -0.3 is 19.4 Å². The van der Waals surface area contributed by atoms with E-state index in [2.05, 4.69) is 45.1 Å². The average molecular weight is 268 g/mol. The van der Waals surface area contributed by atoms with Crippen LogP contribution in [0.15, 0.2) is 16.5 Å². The first-order valence-electron chi connectivity index (χ1n) is 6.92. The van der Waals surface area contributed by atoms with Crippen LogP contribution >= 0.6 is 0 Å². The highest BCUT2D eigenvalue weighted by Crippen LogP contribution is 2.10. The molecule has 1 aromatic heterocycles. The summed E-state index contributed by atoms with van der Waals surface area (Å²) < 4.78 is 11.3. The Kier molecular flexibility index (Phi) is 6.55. The van der Waals surface area contributed by atoms with E-state index in [0.717, 1.165) is 37.6 Å². The van der Waals surface area contributed by atoms with Crippen molar-refractivity contribution in [2.24, 2.45) is 0 Å². The fourth-order valence-electron chi connectivity index (χ4n) is 1.60. The van der Waals surface area contributed by atoms with Crippen LogP contribution in [0.2, 0.25) is 0 Å². The quantitative estimate of drug-likeness (QED) is 0.736. The van der Waals surface area contributed by atoms with Crippen molar-refractivity contribution in [3.05, 3.63) is 23.7 Å². The molecule has 1 aromatic rings. The summed E-state index contributed by atoms with van der Waals surface area (Å²) in [6.07, 6.45) is 1.05. The van der Waals surface area contributed by atoms with Crippen LogP contribution in [-0.2, 0) is 17.9 Å². The number of rotatable bonds is 8. The van der Waals surface area contributed by atoms with Crippen molar-refractivity contribution >= 4 is 0 Å². The van der Waals surface area contributed by atoms with Crippen molar-refractivity contribution in [3.63, 3.8) is 0 Å². The van der Waals surface area contributed by atoms with E-state index in [4.69, 9.17) is 9.15 Å². The van der Waals surface area contributed by atoms with Gasteiger partial charge in [-0.15, -0.1) is 0 Å². The van der Waals surface area contributed by atoms with E-state index in [1.807, 2.05) is 12.1 Å². The lowest BCUT2D eigenvalue weighted by atomic mass is 10.1. The Morgan fingerprint density at radius 1 is 1.21 bits per heavy atom. The van der Waals surface area contributed by atoms with Gasteiger partial charge in [-0.3, -0.25) is 0 Å². The molecule has 0 saturated heterocycles. The number of hydrogen-bond acceptors (Lipinski definition) is 4. The molecule has 19 heavy (non-hydrogen) atoms. The second kappa shape index (κ2) is 7.68. The second-order valence-corrected chi connectivity index (χ2v) is 6.18. The van der Waals surface area contributed by atoms with E-state index in [0.29, 0.717) is 6.61 Å². The maximum absolute atomic E-state index is 5.71. The van der Waals surface area contributed by atoms with E-state index in [1.165, 1.54) is 0 Å². The molecule has 110 valence electrons. The predicted octanol–water partition coefficient (Wildman–Crippen LogP) is 2.64. The zero-order valence-corrected chi connectivity index (χ0v) is 13.0. The third-order valence-electron chi connectivity index (χ3n) is 2.65. The molecule has 0 aromatic carbocycles. The molecule has 0 unspecified atom stereocenters. The Labute approximate surface area is 117 Å². The van der Waals surface area contributed by atoms with Crippen LogP contribution in [0.1, 0.15) is 38.7 Å². The Morgan fingerprint density at radius 3 is 2.53 bits per heavy atom. The lowest BCUT2D eigenvalue weighted by Gasteiger charge is -2.19. The normalized spacial score (nSPS) is 12.3. The highest BCUT2D eigenvalue weighted by atomic mass is 16.5. The van der Waals surface area contributed by atoms with E-state index in [-0.39, 0.29) is 5.54 Å². The van der Waals surface area contributed by atoms with Gasteiger partial charge in [0.05, 0.1) is 6.54 Å². The summed E-state index contributed by atoms with van der Waals surface area (Å²) in [5.74, 6) is 1.86. The SMILES string of the molecule is CN(C)CCCOCc1ccc(CNC(C)(C)C)o1. The van der Waals surface area contributed by atoms with Crippen LogP contribution in [0.4, 0.5) is 0 Å². The number of nitrogens with zero attached hydrogens (tertiary/aromatic N) is 1. The smallest absolute Gasteiger partial charge is 0.129 e. The van der Waals surface area contributed by atoms with Crippen molar-refractivity contribution in [2.75, 3.05) is 27.2 Å². The van der Waals surface area contributed by atoms with Crippen molar-refractivity contribution in [2.45, 2.75) is 45.9 Å². The fourth-order valence-corrected chi connectivity index (χ4v) is 1.60. The van der Waals surface area contributed by atoms with Gasteiger partial charge in [0.25, 0.3) is 0 Å². The summed E-state index contributed by atoms with van der Waals surface area (Å²) in [5.41, 5.74) is 0.107. The molecule has 1 N–H and O–H groups in total. The highest BCUT2D eigenvalue weighted by Gasteiger charge is 2.10.